The second-order valence-electron chi connectivity index (χ2n) is 6.75. The Morgan fingerprint density at radius 3 is 3.04 bits per heavy atom. The van der Waals surface area contributed by atoms with Crippen LogP contribution in [0, 0.1) is 0 Å². The average molecular weight is 381 g/mol. The highest BCUT2D eigenvalue weighted by Crippen LogP contribution is 2.29. The number of benzene rings is 1. The smallest absolute Gasteiger partial charge is 0.267 e. The molecule has 146 valence electrons. The van der Waals surface area contributed by atoms with E-state index in [9.17, 15) is 0 Å². The van der Waals surface area contributed by atoms with Crippen molar-refractivity contribution in [2.75, 3.05) is 33.4 Å². The molecular formula is C20H23N5O3. The number of likely N-dealkylation sites (tertiary alicyclic amines) is 1. The third-order valence-electron chi connectivity index (χ3n) is 4.71. The van der Waals surface area contributed by atoms with Crippen molar-refractivity contribution in [3.63, 3.8) is 0 Å². The number of hydrogen-bond donors (Lipinski definition) is 0. The molecule has 3 aromatic rings. The lowest BCUT2D eigenvalue weighted by molar-refractivity contribution is 0.146. The lowest BCUT2D eigenvalue weighted by atomic mass is 10.1. The Bertz CT molecular complexity index is 886. The second-order valence-corrected chi connectivity index (χ2v) is 6.75. The Kier molecular flexibility index (Phi) is 5.89. The van der Waals surface area contributed by atoms with Crippen LogP contribution >= 0.6 is 0 Å². The van der Waals surface area contributed by atoms with Gasteiger partial charge in [-0.25, -0.2) is 4.98 Å². The molecule has 0 amide bonds. The van der Waals surface area contributed by atoms with Gasteiger partial charge in [0.1, 0.15) is 18.1 Å². The minimum absolute atomic E-state index is 0.235. The van der Waals surface area contributed by atoms with E-state index in [1.54, 1.807) is 25.7 Å². The molecule has 1 saturated heterocycles. The maximum atomic E-state index is 5.84. The predicted octanol–water partition coefficient (Wildman–Crippen LogP) is 2.54. The first-order valence-electron chi connectivity index (χ1n) is 9.34. The van der Waals surface area contributed by atoms with Crippen molar-refractivity contribution in [2.24, 2.45) is 0 Å². The lowest BCUT2D eigenvalue weighted by Crippen LogP contribution is -2.19. The van der Waals surface area contributed by atoms with Gasteiger partial charge in [0.15, 0.2) is 0 Å². The summed E-state index contributed by atoms with van der Waals surface area (Å²) in [6, 6.07) is 8.20. The summed E-state index contributed by atoms with van der Waals surface area (Å²) >= 11 is 0. The minimum Gasteiger partial charge on any atom is -0.491 e. The van der Waals surface area contributed by atoms with E-state index in [0.717, 1.165) is 31.8 Å². The fourth-order valence-corrected chi connectivity index (χ4v) is 3.33. The fraction of sp³-hybridized carbons (Fsp3) is 0.400. The standard InChI is InChI=1S/C20H23N5O3/c1-26-9-10-27-17-4-2-3-15(11-17)13-25-8-5-16(14-25)19-23-24-20(28-19)18-12-21-6-7-22-18/h2-4,6-7,11-12,16H,5,8-10,13-14H2,1H3. The molecule has 4 rings (SSSR count). The summed E-state index contributed by atoms with van der Waals surface area (Å²) in [6.07, 6.45) is 5.85. The Labute approximate surface area is 163 Å². The highest BCUT2D eigenvalue weighted by molar-refractivity contribution is 5.43. The number of nitrogens with zero attached hydrogens (tertiary/aromatic N) is 5. The van der Waals surface area contributed by atoms with Crippen LogP contribution in [0.3, 0.4) is 0 Å². The molecule has 2 aromatic heterocycles. The van der Waals surface area contributed by atoms with Gasteiger partial charge in [0.25, 0.3) is 5.89 Å². The van der Waals surface area contributed by atoms with Crippen LogP contribution in [0.15, 0.2) is 47.3 Å². The first-order valence-corrected chi connectivity index (χ1v) is 9.34. The summed E-state index contributed by atoms with van der Waals surface area (Å²) in [5.74, 6) is 2.19. The van der Waals surface area contributed by atoms with Gasteiger partial charge >= 0.3 is 0 Å². The van der Waals surface area contributed by atoms with Crippen molar-refractivity contribution < 1.29 is 13.9 Å². The molecule has 1 fully saturated rings. The zero-order valence-electron chi connectivity index (χ0n) is 15.8. The molecule has 0 aliphatic carbocycles. The molecule has 8 heteroatoms. The summed E-state index contributed by atoms with van der Waals surface area (Å²) in [5, 5.41) is 8.35. The van der Waals surface area contributed by atoms with Crippen molar-refractivity contribution in [1.82, 2.24) is 25.1 Å². The van der Waals surface area contributed by atoms with Gasteiger partial charge in [-0.1, -0.05) is 12.1 Å². The van der Waals surface area contributed by atoms with E-state index in [1.807, 2.05) is 12.1 Å². The molecule has 1 aliphatic rings. The summed E-state index contributed by atoms with van der Waals surface area (Å²) in [5.41, 5.74) is 1.82. The van der Waals surface area contributed by atoms with Gasteiger partial charge in [-0.3, -0.25) is 9.88 Å². The van der Waals surface area contributed by atoms with E-state index in [0.29, 0.717) is 30.7 Å². The van der Waals surface area contributed by atoms with Crippen molar-refractivity contribution in [1.29, 1.82) is 0 Å². The fourth-order valence-electron chi connectivity index (χ4n) is 3.33. The van der Waals surface area contributed by atoms with Crippen LogP contribution in [-0.4, -0.2) is 58.5 Å². The van der Waals surface area contributed by atoms with E-state index in [-0.39, 0.29) is 5.92 Å². The molecule has 1 aromatic carbocycles. The minimum atomic E-state index is 0.235. The number of hydrogen-bond acceptors (Lipinski definition) is 8. The average Bonchev–Trinajstić information content (AvgIpc) is 3.39. The zero-order chi connectivity index (χ0) is 19.2. The Hall–Kier alpha value is -2.84. The number of ether oxygens (including phenoxy) is 2. The van der Waals surface area contributed by atoms with Gasteiger partial charge in [-0.05, 0) is 30.7 Å². The molecule has 8 nitrogen and oxygen atoms in total. The molecule has 3 heterocycles. The molecule has 0 saturated carbocycles. The molecule has 28 heavy (non-hydrogen) atoms. The third kappa shape index (κ3) is 4.52. The molecule has 0 bridgehead atoms. The van der Waals surface area contributed by atoms with Crippen molar-refractivity contribution in [2.45, 2.75) is 18.9 Å². The maximum Gasteiger partial charge on any atom is 0.267 e. The highest BCUT2D eigenvalue weighted by atomic mass is 16.5. The molecular weight excluding hydrogens is 358 g/mol. The van der Waals surface area contributed by atoms with Crippen LogP contribution in [-0.2, 0) is 11.3 Å². The van der Waals surface area contributed by atoms with E-state index >= 15 is 0 Å². The summed E-state index contributed by atoms with van der Waals surface area (Å²) < 4.78 is 16.6. The van der Waals surface area contributed by atoms with Crippen LogP contribution in [0.25, 0.3) is 11.6 Å². The Morgan fingerprint density at radius 2 is 2.18 bits per heavy atom. The van der Waals surface area contributed by atoms with Gasteiger partial charge in [0.05, 0.1) is 18.7 Å². The molecule has 0 radical (unpaired) electrons. The van der Waals surface area contributed by atoms with E-state index < -0.39 is 0 Å². The predicted molar refractivity (Wildman–Crippen MR) is 102 cm³/mol. The zero-order valence-corrected chi connectivity index (χ0v) is 15.8. The molecule has 0 N–H and O–H groups in total. The maximum absolute atomic E-state index is 5.84. The van der Waals surface area contributed by atoms with Crippen LogP contribution in [0.1, 0.15) is 23.8 Å². The largest absolute Gasteiger partial charge is 0.491 e. The SMILES string of the molecule is COCCOc1cccc(CN2CCC(c3nnc(-c4cnccn4)o3)C2)c1. The molecule has 1 unspecified atom stereocenters. The normalized spacial score (nSPS) is 17.1. The van der Waals surface area contributed by atoms with E-state index in [2.05, 4.69) is 37.2 Å². The van der Waals surface area contributed by atoms with Gasteiger partial charge in [-0.2, -0.15) is 0 Å². The van der Waals surface area contributed by atoms with Crippen molar-refractivity contribution >= 4 is 0 Å². The lowest BCUT2D eigenvalue weighted by Gasteiger charge is -2.16. The van der Waals surface area contributed by atoms with Gasteiger partial charge in [0, 0.05) is 32.6 Å². The number of aromatic nitrogens is 4. The summed E-state index contributed by atoms with van der Waals surface area (Å²) in [7, 11) is 1.67. The van der Waals surface area contributed by atoms with Gasteiger partial charge in [0.2, 0.25) is 5.89 Å². The van der Waals surface area contributed by atoms with Crippen LogP contribution < -0.4 is 4.74 Å². The number of methoxy groups -OCH3 is 1. The van der Waals surface area contributed by atoms with Crippen molar-refractivity contribution in [3.05, 3.63) is 54.3 Å². The Morgan fingerprint density at radius 1 is 1.21 bits per heavy atom. The van der Waals surface area contributed by atoms with Gasteiger partial charge in [-0.15, -0.1) is 10.2 Å². The van der Waals surface area contributed by atoms with Crippen LogP contribution in [0.2, 0.25) is 0 Å². The first kappa shape index (κ1) is 18.5. The monoisotopic (exact) mass is 381 g/mol. The highest BCUT2D eigenvalue weighted by Gasteiger charge is 2.28. The molecule has 1 aliphatic heterocycles. The quantitative estimate of drug-likeness (QED) is 0.550. The Balaban J connectivity index is 1.35. The van der Waals surface area contributed by atoms with Crippen LogP contribution in [0.4, 0.5) is 0 Å². The van der Waals surface area contributed by atoms with Crippen molar-refractivity contribution in [3.8, 4) is 17.3 Å². The number of rotatable bonds is 8. The molecule has 0 spiro atoms. The third-order valence-corrected chi connectivity index (χ3v) is 4.71. The molecule has 1 atom stereocenters. The topological polar surface area (TPSA) is 86.4 Å². The summed E-state index contributed by atoms with van der Waals surface area (Å²) in [6.45, 7) is 3.87. The van der Waals surface area contributed by atoms with E-state index in [4.69, 9.17) is 13.9 Å². The summed E-state index contributed by atoms with van der Waals surface area (Å²) in [4.78, 5) is 10.6. The van der Waals surface area contributed by atoms with Crippen LogP contribution in [0.5, 0.6) is 5.75 Å². The first-order chi connectivity index (χ1) is 13.8. The van der Waals surface area contributed by atoms with E-state index in [1.165, 1.54) is 5.56 Å². The second kappa shape index (κ2) is 8.90. The van der Waals surface area contributed by atoms with Gasteiger partial charge < -0.3 is 13.9 Å².